The van der Waals surface area contributed by atoms with Gasteiger partial charge in [0.15, 0.2) is 11.5 Å². The van der Waals surface area contributed by atoms with Crippen LogP contribution in [0.1, 0.15) is 97.1 Å². The minimum absolute atomic E-state index is 0.0494. The first-order valence-corrected chi connectivity index (χ1v) is 20.3. The third-order valence-electron chi connectivity index (χ3n) is 11.5. The molecule has 2 aromatic carbocycles. The lowest BCUT2D eigenvalue weighted by molar-refractivity contribution is -0.134. The number of piperazine rings is 1. The molecule has 3 N–H and O–H groups in total. The van der Waals surface area contributed by atoms with Gasteiger partial charge in [0.1, 0.15) is 0 Å². The van der Waals surface area contributed by atoms with Crippen LogP contribution in [0.5, 0.6) is 0 Å². The highest BCUT2D eigenvalue weighted by atomic mass is 16.5. The molecule has 304 valence electrons. The summed E-state index contributed by atoms with van der Waals surface area (Å²) in [6, 6.07) is 20.7. The van der Waals surface area contributed by atoms with Crippen molar-refractivity contribution >= 4 is 34.4 Å². The minimum Gasteiger partial charge on any atom is -0.369 e. The summed E-state index contributed by atoms with van der Waals surface area (Å²) in [6.07, 6.45) is 3.60. The largest absolute Gasteiger partial charge is 0.369 e. The number of pyridine rings is 2. The fraction of sp³-hybridized carbons (Fsp3) is 0.378. The third kappa shape index (κ3) is 8.49. The summed E-state index contributed by atoms with van der Waals surface area (Å²) in [4.78, 5) is 55.6. The third-order valence-corrected chi connectivity index (χ3v) is 11.5. The van der Waals surface area contributed by atoms with Crippen molar-refractivity contribution in [2.45, 2.75) is 78.2 Å². The molecule has 59 heavy (non-hydrogen) atoms. The van der Waals surface area contributed by atoms with Gasteiger partial charge in [-0.1, -0.05) is 56.3 Å². The molecule has 2 atom stereocenters. The van der Waals surface area contributed by atoms with Crippen molar-refractivity contribution in [2.24, 2.45) is 0 Å². The average molecular weight is 795 g/mol. The van der Waals surface area contributed by atoms with E-state index in [4.69, 9.17) is 9.51 Å². The molecule has 3 amide bonds. The lowest BCUT2D eigenvalue weighted by atomic mass is 9.89. The topological polar surface area (TPSA) is 175 Å². The quantitative estimate of drug-likeness (QED) is 0.132. The Morgan fingerprint density at radius 3 is 2.41 bits per heavy atom. The van der Waals surface area contributed by atoms with Gasteiger partial charge in [-0.3, -0.25) is 34.7 Å². The Morgan fingerprint density at radius 1 is 0.949 bits per heavy atom. The molecule has 0 spiro atoms. The molecule has 2 saturated heterocycles. The molecule has 2 aliphatic heterocycles. The van der Waals surface area contributed by atoms with Crippen LogP contribution in [0.4, 0.5) is 5.69 Å². The molecular weight excluding hydrogens is 745 g/mol. The van der Waals surface area contributed by atoms with Gasteiger partial charge in [-0.15, -0.1) is 0 Å². The number of piperidine rings is 1. The van der Waals surface area contributed by atoms with Crippen molar-refractivity contribution in [3.8, 4) is 22.4 Å². The Morgan fingerprint density at radius 2 is 1.71 bits per heavy atom. The molecule has 0 aliphatic carbocycles. The number of imide groups is 1. The van der Waals surface area contributed by atoms with Gasteiger partial charge in [-0.2, -0.15) is 10.1 Å². The first-order chi connectivity index (χ1) is 28.3. The Hall–Kier alpha value is -6.28. The van der Waals surface area contributed by atoms with Crippen molar-refractivity contribution in [2.75, 3.05) is 37.6 Å². The van der Waals surface area contributed by atoms with Gasteiger partial charge in [0, 0.05) is 90.8 Å². The predicted octanol–water partition coefficient (Wildman–Crippen LogP) is 6.36. The number of carbonyl (C=O) groups excluding carboxylic acids is 3. The maximum absolute atomic E-state index is 12.9. The van der Waals surface area contributed by atoms with E-state index in [0.717, 1.165) is 95.0 Å². The van der Waals surface area contributed by atoms with Crippen LogP contribution in [-0.4, -0.2) is 85.7 Å². The SMILES string of the molecule is Cc1cc(-c2[nH]nc3ncc(-c4ccc(N5CCN(CCc6ccc(C7CCC(=O)NC7=O)c(C)n6)CC5)cc4)cc23)ccc1C(C)NC(=O)c1nc(C(C)(C)C)no1. The summed E-state index contributed by atoms with van der Waals surface area (Å²) < 4.78 is 5.24. The number of nitrogens with one attached hydrogen (secondary N) is 3. The Kier molecular flexibility index (Phi) is 10.8. The fourth-order valence-electron chi connectivity index (χ4n) is 8.04. The number of aromatic amines is 1. The van der Waals surface area contributed by atoms with Gasteiger partial charge in [0.05, 0.1) is 17.7 Å². The summed E-state index contributed by atoms with van der Waals surface area (Å²) in [5.74, 6) is -0.712. The van der Waals surface area contributed by atoms with Gasteiger partial charge >= 0.3 is 11.8 Å². The van der Waals surface area contributed by atoms with E-state index in [2.05, 4.69) is 82.2 Å². The van der Waals surface area contributed by atoms with Gasteiger partial charge in [-0.25, -0.2) is 4.98 Å². The monoisotopic (exact) mass is 794 g/mol. The van der Waals surface area contributed by atoms with E-state index in [9.17, 15) is 14.4 Å². The summed E-state index contributed by atoms with van der Waals surface area (Å²) in [5, 5.41) is 18.0. The number of fused-ring (bicyclic) bond motifs is 1. The van der Waals surface area contributed by atoms with Crippen LogP contribution in [0.15, 0.2) is 71.4 Å². The molecule has 6 heterocycles. The number of hydrogen-bond acceptors (Lipinski definition) is 11. The molecule has 4 aromatic heterocycles. The summed E-state index contributed by atoms with van der Waals surface area (Å²) >= 11 is 0. The van der Waals surface area contributed by atoms with Crippen molar-refractivity contribution in [1.82, 2.24) is 45.8 Å². The van der Waals surface area contributed by atoms with Crippen LogP contribution in [0.3, 0.4) is 0 Å². The zero-order valence-corrected chi connectivity index (χ0v) is 34.4. The van der Waals surface area contributed by atoms with Crippen molar-refractivity contribution in [3.63, 3.8) is 0 Å². The molecule has 0 bridgehead atoms. The Labute approximate surface area is 343 Å². The molecule has 2 fully saturated rings. The number of rotatable bonds is 10. The minimum atomic E-state index is -0.410. The second kappa shape index (κ2) is 16.2. The first kappa shape index (κ1) is 39.5. The van der Waals surface area contributed by atoms with E-state index in [-0.39, 0.29) is 35.1 Å². The van der Waals surface area contributed by atoms with Crippen LogP contribution in [0, 0.1) is 13.8 Å². The van der Waals surface area contributed by atoms with E-state index in [0.29, 0.717) is 24.3 Å². The standard InChI is InChI=1S/C45H50N10O4/c1-26-23-30(9-13-34(26)27(2)48-42(58)43-50-44(53-59-43)45(4,5)6)39-37-24-31(25-46-40(37)52-51-39)29-7-11-33(12-8-29)55-21-19-54(20-22-55)18-17-32-10-14-35(28(3)47-32)36-15-16-38(56)49-41(36)57/h7-14,23-25,27,36H,15-22H2,1-6H3,(H,48,58)(H,46,51,52)(H,49,56,57). The number of benzene rings is 2. The highest BCUT2D eigenvalue weighted by Crippen LogP contribution is 2.33. The summed E-state index contributed by atoms with van der Waals surface area (Å²) in [7, 11) is 0. The van der Waals surface area contributed by atoms with Crippen LogP contribution in [0.2, 0.25) is 0 Å². The van der Waals surface area contributed by atoms with Crippen molar-refractivity contribution in [3.05, 3.63) is 107 Å². The van der Waals surface area contributed by atoms with Crippen molar-refractivity contribution in [1.29, 1.82) is 0 Å². The maximum atomic E-state index is 12.9. The number of H-pyrrole nitrogens is 1. The van der Waals surface area contributed by atoms with Crippen LogP contribution >= 0.6 is 0 Å². The molecule has 0 saturated carbocycles. The number of aryl methyl sites for hydroxylation is 2. The number of anilines is 1. The lowest BCUT2D eigenvalue weighted by Crippen LogP contribution is -2.47. The van der Waals surface area contributed by atoms with E-state index in [1.165, 1.54) is 5.69 Å². The van der Waals surface area contributed by atoms with Gasteiger partial charge < -0.3 is 14.7 Å². The van der Waals surface area contributed by atoms with E-state index in [1.54, 1.807) is 0 Å². The van der Waals surface area contributed by atoms with E-state index in [1.807, 2.05) is 72.0 Å². The Balaban J connectivity index is 0.870. The summed E-state index contributed by atoms with van der Waals surface area (Å²) in [5.41, 5.74) is 10.2. The molecule has 2 unspecified atom stereocenters. The zero-order valence-electron chi connectivity index (χ0n) is 34.4. The van der Waals surface area contributed by atoms with Gasteiger partial charge in [-0.05, 0) is 79.8 Å². The average Bonchev–Trinajstić information content (AvgIpc) is 3.90. The van der Waals surface area contributed by atoms with Crippen molar-refractivity contribution < 1.29 is 18.9 Å². The fourth-order valence-corrected chi connectivity index (χ4v) is 8.04. The molecular formula is C45H50N10O4. The maximum Gasteiger partial charge on any atom is 0.315 e. The number of carbonyl (C=O) groups is 3. The van der Waals surface area contributed by atoms with Crippen LogP contribution < -0.4 is 15.5 Å². The molecule has 14 nitrogen and oxygen atoms in total. The second-order valence-electron chi connectivity index (χ2n) is 16.7. The lowest BCUT2D eigenvalue weighted by Gasteiger charge is -2.36. The number of aromatic nitrogens is 6. The highest BCUT2D eigenvalue weighted by Gasteiger charge is 2.30. The second-order valence-corrected chi connectivity index (χ2v) is 16.7. The predicted molar refractivity (Wildman–Crippen MR) is 225 cm³/mol. The number of amides is 3. The molecule has 14 heteroatoms. The zero-order chi connectivity index (χ0) is 41.4. The first-order valence-electron chi connectivity index (χ1n) is 20.3. The molecule has 6 aromatic rings. The summed E-state index contributed by atoms with van der Waals surface area (Å²) in [6.45, 7) is 16.5. The molecule has 0 radical (unpaired) electrons. The van der Waals surface area contributed by atoms with E-state index < -0.39 is 5.91 Å². The van der Waals surface area contributed by atoms with E-state index >= 15 is 0 Å². The Bertz CT molecular complexity index is 2530. The van der Waals surface area contributed by atoms with Gasteiger partial charge in [0.25, 0.3) is 0 Å². The molecule has 8 rings (SSSR count). The van der Waals surface area contributed by atoms with Crippen LogP contribution in [0.25, 0.3) is 33.4 Å². The highest BCUT2D eigenvalue weighted by molar-refractivity contribution is 6.01. The smallest absolute Gasteiger partial charge is 0.315 e. The number of hydrogen-bond donors (Lipinski definition) is 3. The normalized spacial score (nSPS) is 17.0. The molecule has 2 aliphatic rings. The van der Waals surface area contributed by atoms with Crippen LogP contribution in [-0.2, 0) is 21.4 Å². The van der Waals surface area contributed by atoms with Gasteiger partial charge in [0.2, 0.25) is 11.8 Å². The number of nitrogens with zero attached hydrogens (tertiary/aromatic N) is 7.